The lowest BCUT2D eigenvalue weighted by atomic mass is 9.79. The Kier molecular flexibility index (Phi) is 4.90. The van der Waals surface area contributed by atoms with E-state index in [0.717, 1.165) is 34.7 Å². The van der Waals surface area contributed by atoms with E-state index in [9.17, 15) is 4.79 Å². The van der Waals surface area contributed by atoms with Gasteiger partial charge in [-0.05, 0) is 53.0 Å². The van der Waals surface area contributed by atoms with Gasteiger partial charge < -0.3 is 10.6 Å². The van der Waals surface area contributed by atoms with E-state index in [1.807, 2.05) is 0 Å². The number of rotatable bonds is 2. The first-order valence-electron chi connectivity index (χ1n) is 10.2. The Hall–Kier alpha value is -2.05. The molecule has 4 rings (SSSR count). The van der Waals surface area contributed by atoms with Gasteiger partial charge in [0.05, 0.1) is 17.1 Å². The normalized spacial score (nSPS) is 26.7. The first-order valence-corrected chi connectivity index (χ1v) is 11.1. The van der Waals surface area contributed by atoms with E-state index in [4.69, 9.17) is 5.41 Å². The van der Waals surface area contributed by atoms with Crippen LogP contribution in [0.2, 0.25) is 0 Å². The third kappa shape index (κ3) is 4.01. The summed E-state index contributed by atoms with van der Waals surface area (Å²) in [5, 5.41) is 18.9. The molecule has 2 saturated heterocycles. The van der Waals surface area contributed by atoms with Gasteiger partial charge in [0.2, 0.25) is 5.91 Å². The Morgan fingerprint density at radius 3 is 2.34 bits per heavy atom. The zero-order valence-electron chi connectivity index (χ0n) is 17.8. The SMILES string of the molecule is Cc1ccc(C2=CS/C(=C3\CC(=O)N(C4CC(C)(C)NC(C)(C)C4)C3=N)N2)cc1. The van der Waals surface area contributed by atoms with E-state index < -0.39 is 0 Å². The zero-order chi connectivity index (χ0) is 21.0. The fourth-order valence-electron chi connectivity index (χ4n) is 4.93. The van der Waals surface area contributed by atoms with Crippen LogP contribution in [0.25, 0.3) is 5.70 Å². The lowest BCUT2D eigenvalue weighted by Crippen LogP contribution is -2.62. The van der Waals surface area contributed by atoms with Gasteiger partial charge >= 0.3 is 0 Å². The standard InChI is InChI=1S/C23H30N4OS/c1-14-6-8-15(9-7-14)18-13-29-21(25-18)17-10-19(28)27(20(17)24)16-11-22(2,3)26-23(4,5)12-16/h6-9,13,16,24-26H,10-12H2,1-5H3/b21-17+,24-20?. The number of amides is 1. The number of carbonyl (C=O) groups excluding carboxylic acids is 1. The van der Waals surface area contributed by atoms with Crippen molar-refractivity contribution in [2.75, 3.05) is 0 Å². The number of carbonyl (C=O) groups is 1. The summed E-state index contributed by atoms with van der Waals surface area (Å²) in [7, 11) is 0. The van der Waals surface area contributed by atoms with Crippen LogP contribution in [0.3, 0.4) is 0 Å². The van der Waals surface area contributed by atoms with E-state index in [1.54, 1.807) is 16.7 Å². The van der Waals surface area contributed by atoms with Crippen LogP contribution in [0.5, 0.6) is 0 Å². The van der Waals surface area contributed by atoms with E-state index in [1.165, 1.54) is 5.56 Å². The number of hydrogen-bond donors (Lipinski definition) is 3. The van der Waals surface area contributed by atoms with Crippen LogP contribution in [-0.2, 0) is 4.79 Å². The number of amidine groups is 1. The Bertz CT molecular complexity index is 911. The molecule has 5 nitrogen and oxygen atoms in total. The second-order valence-corrected chi connectivity index (χ2v) is 10.6. The van der Waals surface area contributed by atoms with Crippen LogP contribution in [0.15, 0.2) is 40.3 Å². The average Bonchev–Trinajstić information content (AvgIpc) is 3.17. The predicted molar refractivity (Wildman–Crippen MR) is 120 cm³/mol. The highest BCUT2D eigenvalue weighted by Crippen LogP contribution is 2.39. The minimum Gasteiger partial charge on any atom is -0.349 e. The first-order chi connectivity index (χ1) is 13.5. The van der Waals surface area contributed by atoms with Crippen molar-refractivity contribution < 1.29 is 4.79 Å². The summed E-state index contributed by atoms with van der Waals surface area (Å²) in [6.45, 7) is 10.8. The molecule has 0 unspecified atom stereocenters. The number of benzene rings is 1. The van der Waals surface area contributed by atoms with Gasteiger partial charge in [-0.25, -0.2) is 0 Å². The predicted octanol–water partition coefficient (Wildman–Crippen LogP) is 4.36. The highest BCUT2D eigenvalue weighted by Gasteiger charge is 2.45. The van der Waals surface area contributed by atoms with Gasteiger partial charge in [0.15, 0.2) is 0 Å². The lowest BCUT2D eigenvalue weighted by Gasteiger charge is -2.48. The number of hydrogen-bond acceptors (Lipinski definition) is 5. The van der Waals surface area contributed by atoms with Gasteiger partial charge in [-0.3, -0.25) is 15.1 Å². The summed E-state index contributed by atoms with van der Waals surface area (Å²) in [4.78, 5) is 14.7. The van der Waals surface area contributed by atoms with Crippen molar-refractivity contribution in [3.8, 4) is 0 Å². The highest BCUT2D eigenvalue weighted by atomic mass is 32.2. The molecule has 0 spiro atoms. The fourth-order valence-corrected chi connectivity index (χ4v) is 5.84. The molecular formula is C23H30N4OS. The van der Waals surface area contributed by atoms with Crippen molar-refractivity contribution >= 4 is 29.2 Å². The molecule has 6 heteroatoms. The van der Waals surface area contributed by atoms with Crippen molar-refractivity contribution in [1.29, 1.82) is 5.41 Å². The van der Waals surface area contributed by atoms with E-state index in [2.05, 4.69) is 74.9 Å². The highest BCUT2D eigenvalue weighted by molar-refractivity contribution is 8.06. The fraction of sp³-hybridized carbons (Fsp3) is 0.478. The molecule has 3 aliphatic heterocycles. The summed E-state index contributed by atoms with van der Waals surface area (Å²) in [5.41, 5.74) is 4.05. The first kappa shape index (κ1) is 20.2. The molecule has 0 atom stereocenters. The van der Waals surface area contributed by atoms with Gasteiger partial charge in [-0.15, -0.1) is 0 Å². The molecule has 0 bridgehead atoms. The smallest absolute Gasteiger partial charge is 0.233 e. The van der Waals surface area contributed by atoms with Crippen LogP contribution >= 0.6 is 11.8 Å². The molecule has 3 aliphatic rings. The number of thioether (sulfide) groups is 1. The molecule has 1 aromatic carbocycles. The summed E-state index contributed by atoms with van der Waals surface area (Å²) < 4.78 is 0. The van der Waals surface area contributed by atoms with Crippen molar-refractivity contribution in [3.63, 3.8) is 0 Å². The van der Waals surface area contributed by atoms with Crippen LogP contribution < -0.4 is 10.6 Å². The van der Waals surface area contributed by atoms with Crippen molar-refractivity contribution in [1.82, 2.24) is 15.5 Å². The maximum Gasteiger partial charge on any atom is 0.233 e. The van der Waals surface area contributed by atoms with Crippen LogP contribution in [0, 0.1) is 12.3 Å². The molecule has 29 heavy (non-hydrogen) atoms. The van der Waals surface area contributed by atoms with E-state index in [0.29, 0.717) is 12.3 Å². The van der Waals surface area contributed by atoms with Gasteiger partial charge in [0, 0.05) is 28.1 Å². The minimum atomic E-state index is -0.0661. The molecule has 3 N–H and O–H groups in total. The zero-order valence-corrected chi connectivity index (χ0v) is 18.7. The van der Waals surface area contributed by atoms with Gasteiger partial charge in [0.25, 0.3) is 0 Å². The third-order valence-electron chi connectivity index (χ3n) is 5.84. The van der Waals surface area contributed by atoms with Crippen molar-refractivity contribution in [2.24, 2.45) is 0 Å². The number of likely N-dealkylation sites (tertiary alicyclic amines) is 1. The van der Waals surface area contributed by atoms with Crippen molar-refractivity contribution in [3.05, 3.63) is 51.4 Å². The molecule has 154 valence electrons. The Labute approximate surface area is 177 Å². The number of piperidine rings is 1. The second kappa shape index (κ2) is 7.03. The maximum absolute atomic E-state index is 12.9. The number of aryl methyl sites for hydroxylation is 1. The maximum atomic E-state index is 12.9. The third-order valence-corrected chi connectivity index (χ3v) is 6.77. The Morgan fingerprint density at radius 2 is 1.72 bits per heavy atom. The largest absolute Gasteiger partial charge is 0.349 e. The van der Waals surface area contributed by atoms with Crippen LogP contribution in [0.1, 0.15) is 58.1 Å². The molecule has 1 amide bonds. The van der Waals surface area contributed by atoms with Gasteiger partial charge in [-0.1, -0.05) is 41.6 Å². The van der Waals surface area contributed by atoms with Gasteiger partial charge in [-0.2, -0.15) is 0 Å². The summed E-state index contributed by atoms with van der Waals surface area (Å²) in [6.07, 6.45) is 2.00. The quantitative estimate of drug-likeness (QED) is 0.678. The second-order valence-electron chi connectivity index (χ2n) is 9.69. The molecule has 0 radical (unpaired) electrons. The molecular weight excluding hydrogens is 380 g/mol. The molecule has 1 aromatic rings. The minimum absolute atomic E-state index is 0.0437. The Balaban J connectivity index is 1.55. The number of nitrogens with one attached hydrogen (secondary N) is 3. The topological polar surface area (TPSA) is 68.2 Å². The molecule has 3 heterocycles. The molecule has 0 aliphatic carbocycles. The van der Waals surface area contributed by atoms with Gasteiger partial charge in [0.1, 0.15) is 5.84 Å². The summed E-state index contributed by atoms with van der Waals surface area (Å²) >= 11 is 1.58. The summed E-state index contributed by atoms with van der Waals surface area (Å²) in [5.74, 6) is 0.407. The average molecular weight is 411 g/mol. The molecule has 2 fully saturated rings. The lowest BCUT2D eigenvalue weighted by molar-refractivity contribution is -0.128. The van der Waals surface area contributed by atoms with Crippen LogP contribution in [0.4, 0.5) is 0 Å². The summed E-state index contributed by atoms with van der Waals surface area (Å²) in [6, 6.07) is 8.43. The molecule has 0 saturated carbocycles. The monoisotopic (exact) mass is 410 g/mol. The van der Waals surface area contributed by atoms with Crippen molar-refractivity contribution in [2.45, 2.75) is 71.0 Å². The number of nitrogens with zero attached hydrogens (tertiary/aromatic N) is 1. The molecule has 0 aromatic heterocycles. The van der Waals surface area contributed by atoms with Crippen LogP contribution in [-0.4, -0.2) is 33.8 Å². The Morgan fingerprint density at radius 1 is 1.10 bits per heavy atom. The van der Waals surface area contributed by atoms with E-state index in [-0.39, 0.29) is 23.0 Å². The van der Waals surface area contributed by atoms with E-state index >= 15 is 0 Å².